The van der Waals surface area contributed by atoms with Crippen LogP contribution in [0.4, 0.5) is 0 Å². The van der Waals surface area contributed by atoms with E-state index in [1.807, 2.05) is 25.1 Å². The van der Waals surface area contributed by atoms with Crippen LogP contribution in [-0.2, 0) is 4.79 Å². The minimum absolute atomic E-state index is 0.0912. The topological polar surface area (TPSA) is 119 Å². The van der Waals surface area contributed by atoms with Gasteiger partial charge in [0.05, 0.1) is 16.8 Å². The number of hydrogen-bond acceptors (Lipinski definition) is 5. The summed E-state index contributed by atoms with van der Waals surface area (Å²) in [6.45, 7) is 2.79. The van der Waals surface area contributed by atoms with Crippen LogP contribution in [0.25, 0.3) is 22.3 Å². The molecule has 1 saturated heterocycles. The standard InChI is InChI=1S/C26H23N5O4/c1-16-15-30(25(34)17-6-3-2-4-7-17)12-13-31(16)26(35)24(33)19-14-28-22-18(19)10-11-27-23(22)20-8-5-9-21(32)29-20/h2-11,14,16,28H,12-13,15H2,1H3,(H,29,32). The number of aromatic amines is 2. The molecule has 5 rings (SSSR count). The van der Waals surface area contributed by atoms with Gasteiger partial charge in [-0.05, 0) is 31.2 Å². The molecule has 1 fully saturated rings. The highest BCUT2D eigenvalue weighted by Crippen LogP contribution is 2.27. The third-order valence-electron chi connectivity index (χ3n) is 6.26. The van der Waals surface area contributed by atoms with Gasteiger partial charge in [-0.15, -0.1) is 0 Å². The molecule has 0 saturated carbocycles. The lowest BCUT2D eigenvalue weighted by Gasteiger charge is -2.39. The van der Waals surface area contributed by atoms with E-state index >= 15 is 0 Å². The van der Waals surface area contributed by atoms with Crippen molar-refractivity contribution in [2.45, 2.75) is 13.0 Å². The van der Waals surface area contributed by atoms with Gasteiger partial charge in [-0.25, -0.2) is 0 Å². The molecule has 2 N–H and O–H groups in total. The SMILES string of the molecule is CC1CN(C(=O)c2ccccc2)CCN1C(=O)C(=O)c1c[nH]c2c(-c3cccc(=O)[nH]3)nccc12. The number of H-pyrrole nitrogens is 2. The zero-order valence-corrected chi connectivity index (χ0v) is 19.0. The van der Waals surface area contributed by atoms with Gasteiger partial charge in [0.1, 0.15) is 5.69 Å². The average molecular weight is 470 g/mol. The van der Waals surface area contributed by atoms with Crippen LogP contribution in [0.1, 0.15) is 27.6 Å². The van der Waals surface area contributed by atoms with Crippen LogP contribution in [0.5, 0.6) is 0 Å². The molecule has 1 atom stereocenters. The van der Waals surface area contributed by atoms with E-state index in [0.29, 0.717) is 40.9 Å². The maximum absolute atomic E-state index is 13.2. The van der Waals surface area contributed by atoms with E-state index in [9.17, 15) is 19.2 Å². The minimum atomic E-state index is -0.635. The van der Waals surface area contributed by atoms with Gasteiger partial charge < -0.3 is 19.8 Å². The maximum Gasteiger partial charge on any atom is 0.295 e. The van der Waals surface area contributed by atoms with Crippen LogP contribution in [0.2, 0.25) is 0 Å². The lowest BCUT2D eigenvalue weighted by atomic mass is 10.1. The van der Waals surface area contributed by atoms with E-state index in [1.165, 1.54) is 23.4 Å². The molecule has 1 unspecified atom stereocenters. The zero-order chi connectivity index (χ0) is 24.5. The first-order valence-corrected chi connectivity index (χ1v) is 11.3. The molecule has 176 valence electrons. The predicted molar refractivity (Wildman–Crippen MR) is 130 cm³/mol. The van der Waals surface area contributed by atoms with Gasteiger partial charge in [0.25, 0.3) is 17.6 Å². The number of hydrogen-bond donors (Lipinski definition) is 2. The number of fused-ring (bicyclic) bond motifs is 1. The first-order valence-electron chi connectivity index (χ1n) is 11.3. The Morgan fingerprint density at radius 3 is 2.54 bits per heavy atom. The number of rotatable bonds is 4. The van der Waals surface area contributed by atoms with E-state index in [0.717, 1.165) is 0 Å². The summed E-state index contributed by atoms with van der Waals surface area (Å²) < 4.78 is 0. The molecular weight excluding hydrogens is 446 g/mol. The van der Waals surface area contributed by atoms with Crippen molar-refractivity contribution in [3.63, 3.8) is 0 Å². The van der Waals surface area contributed by atoms with E-state index in [2.05, 4.69) is 15.0 Å². The Morgan fingerprint density at radius 1 is 1.00 bits per heavy atom. The van der Waals surface area contributed by atoms with Crippen LogP contribution < -0.4 is 5.56 Å². The normalized spacial score (nSPS) is 15.9. The number of nitrogens with zero attached hydrogens (tertiary/aromatic N) is 3. The van der Waals surface area contributed by atoms with E-state index in [1.54, 1.807) is 35.2 Å². The summed E-state index contributed by atoms with van der Waals surface area (Å²) in [4.78, 5) is 64.3. The number of pyridine rings is 2. The second-order valence-electron chi connectivity index (χ2n) is 8.51. The number of amides is 2. The smallest absolute Gasteiger partial charge is 0.295 e. The number of nitrogens with one attached hydrogen (secondary N) is 2. The molecule has 9 nitrogen and oxygen atoms in total. The van der Waals surface area contributed by atoms with Crippen molar-refractivity contribution in [1.82, 2.24) is 24.8 Å². The van der Waals surface area contributed by atoms with Crippen LogP contribution >= 0.6 is 0 Å². The molecule has 0 radical (unpaired) electrons. The molecule has 0 spiro atoms. The van der Waals surface area contributed by atoms with Gasteiger partial charge in [0.15, 0.2) is 0 Å². The molecule has 4 aromatic rings. The molecule has 0 bridgehead atoms. The van der Waals surface area contributed by atoms with Crippen molar-refractivity contribution in [3.8, 4) is 11.4 Å². The quantitative estimate of drug-likeness (QED) is 0.352. The number of aromatic nitrogens is 3. The summed E-state index contributed by atoms with van der Waals surface area (Å²) >= 11 is 0. The number of Topliss-reactive ketones (excluding diaryl/α,β-unsaturated/α-hetero) is 1. The average Bonchev–Trinajstić information content (AvgIpc) is 3.32. The first-order chi connectivity index (χ1) is 16.9. The van der Waals surface area contributed by atoms with Crippen molar-refractivity contribution in [3.05, 3.63) is 88.5 Å². The largest absolute Gasteiger partial charge is 0.359 e. The molecule has 4 heterocycles. The number of benzene rings is 1. The second kappa shape index (κ2) is 9.02. The highest BCUT2D eigenvalue weighted by atomic mass is 16.2. The van der Waals surface area contributed by atoms with E-state index in [4.69, 9.17) is 0 Å². The van der Waals surface area contributed by atoms with Gasteiger partial charge in [-0.3, -0.25) is 24.2 Å². The molecule has 2 amide bonds. The van der Waals surface area contributed by atoms with Crippen molar-refractivity contribution in [1.29, 1.82) is 0 Å². The maximum atomic E-state index is 13.2. The fourth-order valence-electron chi connectivity index (χ4n) is 4.49. The summed E-state index contributed by atoms with van der Waals surface area (Å²) in [5.41, 5.74) is 2.10. The highest BCUT2D eigenvalue weighted by Gasteiger charge is 2.34. The van der Waals surface area contributed by atoms with Crippen molar-refractivity contribution < 1.29 is 14.4 Å². The Morgan fingerprint density at radius 2 is 1.80 bits per heavy atom. The van der Waals surface area contributed by atoms with Crippen LogP contribution in [0.15, 0.2) is 71.8 Å². The number of carbonyl (C=O) groups excluding carboxylic acids is 3. The molecule has 1 aliphatic rings. The summed E-state index contributed by atoms with van der Waals surface area (Å²) in [5, 5.41) is 0.545. The Kier molecular flexibility index (Phi) is 5.74. The molecule has 1 aliphatic heterocycles. The lowest BCUT2D eigenvalue weighted by Crippen LogP contribution is -2.56. The third kappa shape index (κ3) is 4.12. The molecule has 0 aliphatic carbocycles. The van der Waals surface area contributed by atoms with E-state index in [-0.39, 0.29) is 29.6 Å². The summed E-state index contributed by atoms with van der Waals surface area (Å²) in [5.74, 6) is -1.34. The number of ketones is 1. The molecule has 1 aromatic carbocycles. The molecular formula is C26H23N5O4. The Hall–Kier alpha value is -4.53. The number of piperazine rings is 1. The van der Waals surface area contributed by atoms with Crippen molar-refractivity contribution >= 4 is 28.5 Å². The predicted octanol–water partition coefficient (Wildman–Crippen LogP) is 2.47. The van der Waals surface area contributed by atoms with Crippen LogP contribution in [-0.4, -0.2) is 68.0 Å². The Bertz CT molecular complexity index is 1490. The van der Waals surface area contributed by atoms with Gasteiger partial charge in [-0.2, -0.15) is 0 Å². The van der Waals surface area contributed by atoms with Crippen LogP contribution in [0.3, 0.4) is 0 Å². The number of carbonyl (C=O) groups is 3. The fourth-order valence-corrected chi connectivity index (χ4v) is 4.49. The van der Waals surface area contributed by atoms with Crippen molar-refractivity contribution in [2.75, 3.05) is 19.6 Å². The van der Waals surface area contributed by atoms with Crippen molar-refractivity contribution in [2.24, 2.45) is 0 Å². The summed E-state index contributed by atoms with van der Waals surface area (Å²) in [7, 11) is 0. The monoisotopic (exact) mass is 469 g/mol. The Labute approximate surface area is 200 Å². The third-order valence-corrected chi connectivity index (χ3v) is 6.26. The molecule has 3 aromatic heterocycles. The zero-order valence-electron chi connectivity index (χ0n) is 19.0. The summed E-state index contributed by atoms with van der Waals surface area (Å²) in [6.07, 6.45) is 3.03. The lowest BCUT2D eigenvalue weighted by molar-refractivity contribution is -0.130. The highest BCUT2D eigenvalue weighted by molar-refractivity contribution is 6.45. The van der Waals surface area contributed by atoms with Crippen LogP contribution in [0, 0.1) is 0 Å². The molecule has 35 heavy (non-hydrogen) atoms. The molecule has 9 heteroatoms. The fraction of sp³-hybridized carbons (Fsp3) is 0.192. The van der Waals surface area contributed by atoms with Gasteiger partial charge in [0, 0.05) is 55.1 Å². The Balaban J connectivity index is 1.36. The van der Waals surface area contributed by atoms with Gasteiger partial charge in [-0.1, -0.05) is 24.3 Å². The van der Waals surface area contributed by atoms with Gasteiger partial charge >= 0.3 is 0 Å². The minimum Gasteiger partial charge on any atom is -0.359 e. The summed E-state index contributed by atoms with van der Waals surface area (Å²) in [6, 6.07) is 15.1. The van der Waals surface area contributed by atoms with E-state index < -0.39 is 11.7 Å². The van der Waals surface area contributed by atoms with Gasteiger partial charge in [0.2, 0.25) is 5.56 Å². The first kappa shape index (κ1) is 22.3. The second-order valence-corrected chi connectivity index (χ2v) is 8.51.